The van der Waals surface area contributed by atoms with Crippen molar-refractivity contribution < 1.29 is 44.3 Å². The van der Waals surface area contributed by atoms with Crippen LogP contribution in [0.4, 0.5) is 0 Å². The Morgan fingerprint density at radius 1 is 0.810 bits per heavy atom. The minimum atomic E-state index is -1.15. The number of aryl methyl sites for hydroxylation is 1. The van der Waals surface area contributed by atoms with Crippen molar-refractivity contribution in [3.05, 3.63) is 28.8 Å². The van der Waals surface area contributed by atoms with Gasteiger partial charge < -0.3 is 10.4 Å². The fraction of sp³-hybridized carbons (Fsp3) is 0.743. The van der Waals surface area contributed by atoms with Crippen LogP contribution in [0.25, 0.3) is 0 Å². The van der Waals surface area contributed by atoms with E-state index in [1.54, 1.807) is 28.9 Å². The van der Waals surface area contributed by atoms with Crippen molar-refractivity contribution in [2.24, 2.45) is 16.3 Å². The number of unbranched alkanes of at least 4 members (excludes halogenated alkanes) is 6. The summed E-state index contributed by atoms with van der Waals surface area (Å²) >= 11 is 0. The van der Waals surface area contributed by atoms with Gasteiger partial charge in [-0.15, -0.1) is 0 Å². The zero-order valence-corrected chi connectivity index (χ0v) is 31.4. The molecule has 3 atom stereocenters. The van der Waals surface area contributed by atoms with Gasteiger partial charge in [-0.1, -0.05) is 114 Å². The summed E-state index contributed by atoms with van der Waals surface area (Å²) < 4.78 is 0. The third kappa shape index (κ3) is 12.7. The maximum Gasteiger partial charge on any atom is 1.00 e. The van der Waals surface area contributed by atoms with Crippen molar-refractivity contribution in [3.8, 4) is 0 Å². The molecule has 3 unspecified atom stereocenters. The molecule has 1 aliphatic heterocycles. The first-order valence-corrected chi connectivity index (χ1v) is 18.0. The van der Waals surface area contributed by atoms with Gasteiger partial charge in [-0.3, -0.25) is 9.59 Å². The second-order valence-electron chi connectivity index (χ2n) is 11.7. The monoisotopic (exact) mass is 610 g/mol. The molecule has 2 rings (SSSR count). The number of benzene rings is 1. The molecule has 1 aromatic carbocycles. The summed E-state index contributed by atoms with van der Waals surface area (Å²) in [6, 6.07) is 4.15. The molecule has 1 aromatic rings. The van der Waals surface area contributed by atoms with Gasteiger partial charge in [0.2, 0.25) is 5.91 Å². The average molecular weight is 611 g/mol. The van der Waals surface area contributed by atoms with Crippen LogP contribution < -0.4 is 45.3 Å². The predicted octanol–water partition coefficient (Wildman–Crippen LogP) is 4.79. The van der Waals surface area contributed by atoms with E-state index in [2.05, 4.69) is 50.1 Å². The molecule has 0 aliphatic carbocycles. The van der Waals surface area contributed by atoms with Gasteiger partial charge in [0, 0.05) is 0 Å². The van der Waals surface area contributed by atoms with E-state index in [1.807, 2.05) is 13.8 Å². The molecule has 0 aromatic heterocycles. The quantitative estimate of drug-likeness (QED) is 0.106. The molecule has 0 radical (unpaired) electrons. The molecule has 7 heteroatoms. The van der Waals surface area contributed by atoms with Gasteiger partial charge in [-0.05, 0) is 91.9 Å². The van der Waals surface area contributed by atoms with Crippen LogP contribution in [0.15, 0.2) is 17.1 Å². The van der Waals surface area contributed by atoms with Crippen LogP contribution >= 0.6 is 8.58 Å². The van der Waals surface area contributed by atoms with Crippen molar-refractivity contribution >= 4 is 31.7 Å². The minimum absolute atomic E-state index is 0. The van der Waals surface area contributed by atoms with Gasteiger partial charge in [0.05, 0.1) is 6.02 Å². The Morgan fingerprint density at radius 2 is 1.40 bits per heavy atom. The molecular weight excluding hydrogens is 550 g/mol. The van der Waals surface area contributed by atoms with E-state index in [9.17, 15) is 14.7 Å². The molecule has 1 aliphatic rings. The van der Waals surface area contributed by atoms with E-state index in [1.165, 1.54) is 89.6 Å². The van der Waals surface area contributed by atoms with E-state index in [-0.39, 0.29) is 35.5 Å². The van der Waals surface area contributed by atoms with Gasteiger partial charge in [0.25, 0.3) is 5.91 Å². The summed E-state index contributed by atoms with van der Waals surface area (Å²) in [4.78, 5) is 27.1. The van der Waals surface area contributed by atoms with Crippen LogP contribution in [0.5, 0.6) is 0 Å². The van der Waals surface area contributed by atoms with Gasteiger partial charge in [0.1, 0.15) is 5.41 Å². The van der Waals surface area contributed by atoms with Gasteiger partial charge in [0.15, 0.2) is 0 Å². The zero-order chi connectivity index (χ0) is 30.7. The molecule has 0 saturated carbocycles. The number of hydrogen-bond acceptors (Lipinski definition) is 3. The smallest absolute Gasteiger partial charge is 0.846 e. The molecule has 2 amide bonds. The van der Waals surface area contributed by atoms with Crippen LogP contribution in [-0.2, 0) is 28.9 Å². The van der Waals surface area contributed by atoms with Crippen molar-refractivity contribution in [2.45, 2.75) is 151 Å². The summed E-state index contributed by atoms with van der Waals surface area (Å²) in [6.45, 7) is 14.9. The fourth-order valence-electron chi connectivity index (χ4n) is 5.89. The number of rotatable bonds is 19. The number of amides is 2. The topological polar surface area (TPSA) is 81.6 Å². The summed E-state index contributed by atoms with van der Waals surface area (Å²) in [7, 11) is 1.03. The molecular formula is C35H60N2NaO3P. The maximum absolute atomic E-state index is 11.9. The first kappa shape index (κ1) is 41.3. The number of carbonyl (C=O) groups excluding carboxylic acids is 2. The van der Waals surface area contributed by atoms with Gasteiger partial charge in [-0.2, -0.15) is 0 Å². The Kier molecular flexibility index (Phi) is 23.2. The van der Waals surface area contributed by atoms with Crippen LogP contribution in [0, 0.1) is 11.3 Å². The number of nitrogens with one attached hydrogen (secondary N) is 1. The number of amidine groups is 1. The normalized spacial score (nSPS) is 17.4. The van der Waals surface area contributed by atoms with Gasteiger partial charge >= 0.3 is 29.6 Å². The zero-order valence-electron chi connectivity index (χ0n) is 28.4. The Hall–Kier alpha value is -0.740. The third-order valence-corrected chi connectivity index (χ3v) is 10.0. The standard InChI is InChI=1S/C24H43P.C11H18N2O3.Na/c1-5-9-13-14-20-25-24-19-18-21(15-10-6-2)22(16-11-7-3)23(24)17-12-8-4;1-4-6-7(3)11(5-2)8(14)12-10(16)13-9(11)15;/h18-19,25H,5-17,20H2,1-4H3;7H,4-6H2,1-3H3,(H2,12,13,14,15,16);/q;;+1/p-1. The van der Waals surface area contributed by atoms with Crippen molar-refractivity contribution in [3.63, 3.8) is 0 Å². The molecule has 1 N–H and O–H groups in total. The first-order chi connectivity index (χ1) is 19.8. The van der Waals surface area contributed by atoms with Crippen molar-refractivity contribution in [1.82, 2.24) is 5.32 Å². The number of nitrogens with zero attached hydrogens (tertiary/aromatic N) is 1. The van der Waals surface area contributed by atoms with Crippen LogP contribution in [0.3, 0.4) is 0 Å². The molecule has 42 heavy (non-hydrogen) atoms. The fourth-order valence-corrected chi connectivity index (χ4v) is 7.27. The van der Waals surface area contributed by atoms with E-state index >= 15 is 0 Å². The summed E-state index contributed by atoms with van der Waals surface area (Å²) in [5, 5.41) is 14.8. The Balaban J connectivity index is 0.000000855. The summed E-state index contributed by atoms with van der Waals surface area (Å²) in [5.41, 5.74) is 4.03. The van der Waals surface area contributed by atoms with E-state index in [4.69, 9.17) is 0 Å². The predicted molar refractivity (Wildman–Crippen MR) is 177 cm³/mol. The van der Waals surface area contributed by atoms with E-state index in [0.29, 0.717) is 6.42 Å². The second kappa shape index (κ2) is 23.6. The van der Waals surface area contributed by atoms with Crippen molar-refractivity contribution in [2.75, 3.05) is 6.16 Å². The van der Waals surface area contributed by atoms with Crippen molar-refractivity contribution in [1.29, 1.82) is 0 Å². The summed E-state index contributed by atoms with van der Waals surface area (Å²) in [5.74, 6) is -1.20. The van der Waals surface area contributed by atoms with E-state index in [0.717, 1.165) is 21.4 Å². The largest absolute Gasteiger partial charge is 1.00 e. The van der Waals surface area contributed by atoms with E-state index < -0.39 is 23.3 Å². The minimum Gasteiger partial charge on any atom is -0.846 e. The Bertz CT molecular complexity index is 952. The first-order valence-electron chi connectivity index (χ1n) is 16.8. The maximum atomic E-state index is 11.9. The number of carbonyl (C=O) groups is 2. The average Bonchev–Trinajstić information content (AvgIpc) is 2.95. The van der Waals surface area contributed by atoms with Crippen LogP contribution in [0.1, 0.15) is 149 Å². The molecule has 0 saturated heterocycles. The second-order valence-corrected chi connectivity index (χ2v) is 13.1. The molecule has 5 nitrogen and oxygen atoms in total. The molecule has 0 fully saturated rings. The SMILES string of the molecule is CCCC(C)C1(CC)C(=O)N=C([O-])NC1=O.CCCCCCPc1ccc(CCCC)c(CCCC)c1CCCC.[Na+]. The molecule has 1 heterocycles. The van der Waals surface area contributed by atoms with Crippen LogP contribution in [-0.4, -0.2) is 24.0 Å². The van der Waals surface area contributed by atoms with Crippen LogP contribution in [0.2, 0.25) is 0 Å². The summed E-state index contributed by atoms with van der Waals surface area (Å²) in [6.07, 6.45) is 20.9. The van der Waals surface area contributed by atoms with Gasteiger partial charge in [-0.25, -0.2) is 4.99 Å². The third-order valence-electron chi connectivity index (χ3n) is 8.57. The Labute approximate surface area is 282 Å². The Morgan fingerprint density at radius 3 is 1.95 bits per heavy atom. The molecule has 234 valence electrons. The molecule has 0 bridgehead atoms. The number of hydrogen-bond donors (Lipinski definition) is 1. The molecule has 0 spiro atoms. The number of aliphatic imine (C=N–C) groups is 1.